The van der Waals surface area contributed by atoms with Crippen LogP contribution in [0, 0.1) is 5.92 Å². The summed E-state index contributed by atoms with van der Waals surface area (Å²) >= 11 is 0. The van der Waals surface area contributed by atoms with Crippen LogP contribution in [-0.2, 0) is 0 Å². The highest BCUT2D eigenvalue weighted by molar-refractivity contribution is 5.06. The fraction of sp³-hybridized carbons (Fsp3) is 0.692. The highest BCUT2D eigenvalue weighted by Gasteiger charge is 2.16. The van der Waals surface area contributed by atoms with Crippen molar-refractivity contribution in [3.05, 3.63) is 24.0 Å². The summed E-state index contributed by atoms with van der Waals surface area (Å²) in [4.78, 5) is 3.07. The summed E-state index contributed by atoms with van der Waals surface area (Å²) in [5.41, 5.74) is 0.964. The molecule has 0 spiro atoms. The topological polar surface area (TPSA) is 36.0 Å². The van der Waals surface area contributed by atoms with Gasteiger partial charge in [-0.15, -0.1) is 0 Å². The highest BCUT2D eigenvalue weighted by Crippen LogP contribution is 2.29. The lowest BCUT2D eigenvalue weighted by Gasteiger charge is -2.22. The van der Waals surface area contributed by atoms with Gasteiger partial charge in [-0.2, -0.15) is 0 Å². The molecule has 0 aromatic carbocycles. The molecule has 2 nitrogen and oxygen atoms in total. The van der Waals surface area contributed by atoms with Crippen LogP contribution in [0.15, 0.2) is 18.3 Å². The van der Waals surface area contributed by atoms with Gasteiger partial charge >= 0.3 is 0 Å². The molecule has 1 heterocycles. The minimum atomic E-state index is -0.290. The molecule has 0 aliphatic heterocycles. The van der Waals surface area contributed by atoms with E-state index in [2.05, 4.69) is 4.98 Å². The van der Waals surface area contributed by atoms with Crippen molar-refractivity contribution in [3.63, 3.8) is 0 Å². The summed E-state index contributed by atoms with van der Waals surface area (Å²) in [7, 11) is 0. The van der Waals surface area contributed by atoms with Crippen LogP contribution in [0.3, 0.4) is 0 Å². The first-order valence-corrected chi connectivity index (χ1v) is 6.17. The van der Waals surface area contributed by atoms with Gasteiger partial charge in [0, 0.05) is 11.9 Å². The normalized spacial score (nSPS) is 20.3. The Labute approximate surface area is 91.7 Å². The van der Waals surface area contributed by atoms with Crippen LogP contribution in [0.2, 0.25) is 0 Å². The number of aliphatic hydroxyl groups excluding tert-OH is 1. The maximum atomic E-state index is 9.91. The Morgan fingerprint density at radius 1 is 1.33 bits per heavy atom. The lowest BCUT2D eigenvalue weighted by Crippen LogP contribution is -2.08. The van der Waals surface area contributed by atoms with Crippen molar-refractivity contribution < 1.29 is 5.11 Å². The van der Waals surface area contributed by atoms with Gasteiger partial charge in [-0.05, 0) is 30.9 Å². The smallest absolute Gasteiger partial charge is 0.0937 e. The van der Waals surface area contributed by atoms with E-state index in [1.807, 2.05) is 18.3 Å². The SMILES string of the molecule is OC(CCC1CCCCC1)c1ccc[nH]1. The van der Waals surface area contributed by atoms with Crippen LogP contribution in [0.1, 0.15) is 56.7 Å². The lowest BCUT2D eigenvalue weighted by molar-refractivity contribution is 0.147. The monoisotopic (exact) mass is 207 g/mol. The van der Waals surface area contributed by atoms with Crippen molar-refractivity contribution in [3.8, 4) is 0 Å². The number of aliphatic hydroxyl groups is 1. The Bertz CT molecular complexity index is 262. The summed E-state index contributed by atoms with van der Waals surface area (Å²) in [6, 6.07) is 3.91. The van der Waals surface area contributed by atoms with E-state index in [4.69, 9.17) is 0 Å². The summed E-state index contributed by atoms with van der Waals surface area (Å²) in [5.74, 6) is 0.864. The molecule has 1 atom stereocenters. The molecule has 2 heteroatoms. The third kappa shape index (κ3) is 3.10. The van der Waals surface area contributed by atoms with Crippen molar-refractivity contribution in [1.29, 1.82) is 0 Å². The van der Waals surface area contributed by atoms with Crippen molar-refractivity contribution in [1.82, 2.24) is 4.98 Å². The third-order valence-electron chi connectivity index (χ3n) is 3.55. The maximum Gasteiger partial charge on any atom is 0.0937 e. The van der Waals surface area contributed by atoms with Crippen LogP contribution in [0.4, 0.5) is 0 Å². The van der Waals surface area contributed by atoms with Gasteiger partial charge in [0.1, 0.15) is 0 Å². The molecule has 0 saturated heterocycles. The van der Waals surface area contributed by atoms with Crippen LogP contribution >= 0.6 is 0 Å². The van der Waals surface area contributed by atoms with E-state index in [0.717, 1.165) is 18.0 Å². The molecular formula is C13H21NO. The van der Waals surface area contributed by atoms with Gasteiger partial charge in [0.15, 0.2) is 0 Å². The quantitative estimate of drug-likeness (QED) is 0.779. The van der Waals surface area contributed by atoms with E-state index in [-0.39, 0.29) is 6.10 Å². The minimum absolute atomic E-state index is 0.290. The van der Waals surface area contributed by atoms with Crippen molar-refractivity contribution in [2.45, 2.75) is 51.0 Å². The third-order valence-corrected chi connectivity index (χ3v) is 3.55. The number of hydrogen-bond donors (Lipinski definition) is 2. The molecule has 1 fully saturated rings. The van der Waals surface area contributed by atoms with Crippen LogP contribution in [-0.4, -0.2) is 10.1 Å². The fourth-order valence-corrected chi connectivity index (χ4v) is 2.58. The lowest BCUT2D eigenvalue weighted by atomic mass is 9.85. The molecule has 1 unspecified atom stereocenters. The average Bonchev–Trinajstić information content (AvgIpc) is 2.81. The number of nitrogens with one attached hydrogen (secondary N) is 1. The second-order valence-corrected chi connectivity index (χ2v) is 4.72. The Morgan fingerprint density at radius 2 is 2.13 bits per heavy atom. The van der Waals surface area contributed by atoms with E-state index >= 15 is 0 Å². The van der Waals surface area contributed by atoms with Gasteiger partial charge in [-0.3, -0.25) is 0 Å². The fourth-order valence-electron chi connectivity index (χ4n) is 2.58. The second kappa shape index (κ2) is 5.36. The number of aromatic amines is 1. The van der Waals surface area contributed by atoms with Crippen LogP contribution in [0.25, 0.3) is 0 Å². The molecule has 1 aromatic rings. The Hall–Kier alpha value is -0.760. The predicted molar refractivity (Wildman–Crippen MR) is 61.6 cm³/mol. The van der Waals surface area contributed by atoms with E-state index in [9.17, 15) is 5.11 Å². The van der Waals surface area contributed by atoms with Crippen LogP contribution < -0.4 is 0 Å². The van der Waals surface area contributed by atoms with E-state index in [0.29, 0.717) is 0 Å². The van der Waals surface area contributed by atoms with Crippen molar-refractivity contribution in [2.24, 2.45) is 5.92 Å². The zero-order valence-corrected chi connectivity index (χ0v) is 9.28. The molecule has 1 saturated carbocycles. The number of hydrogen-bond acceptors (Lipinski definition) is 1. The zero-order chi connectivity index (χ0) is 10.5. The molecule has 1 aromatic heterocycles. The predicted octanol–water partition coefficient (Wildman–Crippen LogP) is 3.41. The Kier molecular flexibility index (Phi) is 3.84. The zero-order valence-electron chi connectivity index (χ0n) is 9.28. The second-order valence-electron chi connectivity index (χ2n) is 4.72. The average molecular weight is 207 g/mol. The summed E-state index contributed by atoms with van der Waals surface area (Å²) in [5, 5.41) is 9.91. The van der Waals surface area contributed by atoms with Gasteiger partial charge in [-0.25, -0.2) is 0 Å². The first-order chi connectivity index (χ1) is 7.36. The molecule has 0 bridgehead atoms. The first-order valence-electron chi connectivity index (χ1n) is 6.17. The standard InChI is InChI=1S/C13H21NO/c15-13(12-7-4-10-14-12)9-8-11-5-2-1-3-6-11/h4,7,10-11,13-15H,1-3,5-6,8-9H2. The Morgan fingerprint density at radius 3 is 2.80 bits per heavy atom. The van der Waals surface area contributed by atoms with Crippen molar-refractivity contribution in [2.75, 3.05) is 0 Å². The van der Waals surface area contributed by atoms with Gasteiger partial charge in [0.2, 0.25) is 0 Å². The summed E-state index contributed by atoms with van der Waals surface area (Å²) in [6.45, 7) is 0. The molecule has 2 rings (SSSR count). The number of aromatic nitrogens is 1. The molecular weight excluding hydrogens is 186 g/mol. The Balaban J connectivity index is 1.73. The number of rotatable bonds is 4. The summed E-state index contributed by atoms with van der Waals surface area (Å²) in [6.07, 6.45) is 10.6. The molecule has 0 amide bonds. The molecule has 2 N–H and O–H groups in total. The summed E-state index contributed by atoms with van der Waals surface area (Å²) < 4.78 is 0. The van der Waals surface area contributed by atoms with Crippen molar-refractivity contribution >= 4 is 0 Å². The largest absolute Gasteiger partial charge is 0.387 e. The first kappa shape index (κ1) is 10.7. The van der Waals surface area contributed by atoms with E-state index < -0.39 is 0 Å². The molecule has 84 valence electrons. The highest BCUT2D eigenvalue weighted by atomic mass is 16.3. The van der Waals surface area contributed by atoms with E-state index in [1.54, 1.807) is 0 Å². The minimum Gasteiger partial charge on any atom is -0.387 e. The van der Waals surface area contributed by atoms with Crippen LogP contribution in [0.5, 0.6) is 0 Å². The maximum absolute atomic E-state index is 9.91. The van der Waals surface area contributed by atoms with Gasteiger partial charge in [0.05, 0.1) is 6.10 Å². The molecule has 0 radical (unpaired) electrons. The van der Waals surface area contributed by atoms with Gasteiger partial charge < -0.3 is 10.1 Å². The molecule has 1 aliphatic rings. The van der Waals surface area contributed by atoms with E-state index in [1.165, 1.54) is 38.5 Å². The van der Waals surface area contributed by atoms with Gasteiger partial charge in [-0.1, -0.05) is 32.1 Å². The number of H-pyrrole nitrogens is 1. The molecule has 1 aliphatic carbocycles. The van der Waals surface area contributed by atoms with Gasteiger partial charge in [0.25, 0.3) is 0 Å². The molecule has 15 heavy (non-hydrogen) atoms.